The van der Waals surface area contributed by atoms with Gasteiger partial charge in [0.15, 0.2) is 0 Å². The van der Waals surface area contributed by atoms with Crippen molar-refractivity contribution in [2.75, 3.05) is 13.1 Å². The number of unbranched alkanes of at least 4 members (excludes halogenated alkanes) is 4. The van der Waals surface area contributed by atoms with Gasteiger partial charge >= 0.3 is 0 Å². The van der Waals surface area contributed by atoms with Gasteiger partial charge in [0.05, 0.1) is 0 Å². The average molecular weight is 354 g/mol. The highest BCUT2D eigenvalue weighted by atomic mass is 79.9. The van der Waals surface area contributed by atoms with Gasteiger partial charge in [-0.2, -0.15) is 0 Å². The fraction of sp³-hybridized carbons (Fsp3) is 0.611. The summed E-state index contributed by atoms with van der Waals surface area (Å²) in [6.07, 6.45) is 6.95. The Labute approximate surface area is 138 Å². The molecule has 0 unspecified atom stereocenters. The summed E-state index contributed by atoms with van der Waals surface area (Å²) in [5.74, 6) is 0.181. The van der Waals surface area contributed by atoms with Crippen LogP contribution in [0.1, 0.15) is 68.3 Å². The van der Waals surface area contributed by atoms with E-state index >= 15 is 0 Å². The number of benzene rings is 1. The van der Waals surface area contributed by atoms with E-state index < -0.39 is 0 Å². The van der Waals surface area contributed by atoms with Crippen LogP contribution in [0.15, 0.2) is 22.7 Å². The van der Waals surface area contributed by atoms with Crippen molar-refractivity contribution < 1.29 is 4.79 Å². The lowest BCUT2D eigenvalue weighted by atomic mass is 10.1. The lowest BCUT2D eigenvalue weighted by molar-refractivity contribution is 0.0749. The van der Waals surface area contributed by atoms with E-state index in [1.807, 2.05) is 30.0 Å². The quantitative estimate of drug-likeness (QED) is 0.530. The molecule has 0 saturated heterocycles. The molecule has 118 valence electrons. The molecule has 0 saturated carbocycles. The SMILES string of the molecule is CCCCCN(CCCCC)C(=O)c1cccc(Br)c1C. The zero-order valence-corrected chi connectivity index (χ0v) is 15.2. The summed E-state index contributed by atoms with van der Waals surface area (Å²) in [6.45, 7) is 8.15. The van der Waals surface area contributed by atoms with E-state index in [2.05, 4.69) is 29.8 Å². The third-order valence-electron chi connectivity index (χ3n) is 3.85. The first-order valence-electron chi connectivity index (χ1n) is 8.16. The molecule has 0 N–H and O–H groups in total. The van der Waals surface area contributed by atoms with Crippen molar-refractivity contribution >= 4 is 21.8 Å². The van der Waals surface area contributed by atoms with Crippen LogP contribution in [-0.2, 0) is 0 Å². The molecule has 0 spiro atoms. The van der Waals surface area contributed by atoms with Crippen LogP contribution in [0.2, 0.25) is 0 Å². The summed E-state index contributed by atoms with van der Waals surface area (Å²) in [7, 11) is 0. The number of nitrogens with zero attached hydrogens (tertiary/aromatic N) is 1. The van der Waals surface area contributed by atoms with Gasteiger partial charge < -0.3 is 4.90 Å². The van der Waals surface area contributed by atoms with Crippen molar-refractivity contribution in [3.05, 3.63) is 33.8 Å². The van der Waals surface area contributed by atoms with Gasteiger partial charge in [-0.05, 0) is 37.5 Å². The number of hydrogen-bond donors (Lipinski definition) is 0. The van der Waals surface area contributed by atoms with E-state index in [1.54, 1.807) is 0 Å². The lowest BCUT2D eigenvalue weighted by Crippen LogP contribution is -2.33. The molecule has 0 aliphatic carbocycles. The molecule has 1 rings (SSSR count). The van der Waals surface area contributed by atoms with E-state index in [-0.39, 0.29) is 5.91 Å². The highest BCUT2D eigenvalue weighted by molar-refractivity contribution is 9.10. The van der Waals surface area contributed by atoms with Crippen molar-refractivity contribution in [2.45, 2.75) is 59.3 Å². The molecule has 0 aromatic heterocycles. The molecular formula is C18H28BrNO. The Morgan fingerprint density at radius 1 is 1.05 bits per heavy atom. The van der Waals surface area contributed by atoms with E-state index in [0.717, 1.165) is 41.5 Å². The zero-order valence-electron chi connectivity index (χ0n) is 13.6. The number of carbonyl (C=O) groups is 1. The molecule has 1 aromatic rings. The topological polar surface area (TPSA) is 20.3 Å². The van der Waals surface area contributed by atoms with Crippen LogP contribution >= 0.6 is 15.9 Å². The van der Waals surface area contributed by atoms with Gasteiger partial charge in [0, 0.05) is 23.1 Å². The Bertz CT molecular complexity index is 435. The number of rotatable bonds is 9. The third kappa shape index (κ3) is 5.82. The molecule has 0 radical (unpaired) electrons. The molecule has 0 aliphatic heterocycles. The number of halogens is 1. The zero-order chi connectivity index (χ0) is 15.7. The van der Waals surface area contributed by atoms with Crippen molar-refractivity contribution in [1.29, 1.82) is 0 Å². The first kappa shape index (κ1) is 18.2. The number of carbonyl (C=O) groups excluding carboxylic acids is 1. The second-order valence-electron chi connectivity index (χ2n) is 5.62. The highest BCUT2D eigenvalue weighted by Gasteiger charge is 2.17. The second kappa shape index (κ2) is 9.99. The predicted molar refractivity (Wildman–Crippen MR) is 93.8 cm³/mol. The number of hydrogen-bond acceptors (Lipinski definition) is 1. The largest absolute Gasteiger partial charge is 0.339 e. The van der Waals surface area contributed by atoms with Gasteiger partial charge in [0.25, 0.3) is 5.91 Å². The fourth-order valence-corrected chi connectivity index (χ4v) is 2.80. The average Bonchev–Trinajstić information content (AvgIpc) is 2.48. The Hall–Kier alpha value is -0.830. The van der Waals surface area contributed by atoms with Gasteiger partial charge in [-0.1, -0.05) is 61.5 Å². The molecule has 0 heterocycles. The predicted octanol–water partition coefficient (Wildman–Crippen LogP) is 5.58. The van der Waals surface area contributed by atoms with Gasteiger partial charge in [-0.15, -0.1) is 0 Å². The van der Waals surface area contributed by atoms with Crippen LogP contribution in [0.25, 0.3) is 0 Å². The summed E-state index contributed by atoms with van der Waals surface area (Å²) in [4.78, 5) is 14.9. The molecule has 1 aromatic carbocycles. The summed E-state index contributed by atoms with van der Waals surface area (Å²) in [5.41, 5.74) is 1.87. The molecule has 0 aliphatic rings. The smallest absolute Gasteiger partial charge is 0.254 e. The molecule has 0 fully saturated rings. The lowest BCUT2D eigenvalue weighted by Gasteiger charge is -2.24. The maximum absolute atomic E-state index is 12.8. The third-order valence-corrected chi connectivity index (χ3v) is 4.71. The van der Waals surface area contributed by atoms with Crippen molar-refractivity contribution in [2.24, 2.45) is 0 Å². The van der Waals surface area contributed by atoms with Crippen LogP contribution in [0.5, 0.6) is 0 Å². The van der Waals surface area contributed by atoms with Crippen molar-refractivity contribution in [3.63, 3.8) is 0 Å². The fourth-order valence-electron chi connectivity index (χ4n) is 2.43. The van der Waals surface area contributed by atoms with Crippen LogP contribution in [0.4, 0.5) is 0 Å². The maximum Gasteiger partial charge on any atom is 0.254 e. The monoisotopic (exact) mass is 353 g/mol. The Kier molecular flexibility index (Phi) is 8.67. The summed E-state index contributed by atoms with van der Waals surface area (Å²) in [6, 6.07) is 5.88. The van der Waals surface area contributed by atoms with Crippen LogP contribution < -0.4 is 0 Å². The molecule has 3 heteroatoms. The van der Waals surface area contributed by atoms with Crippen LogP contribution in [0.3, 0.4) is 0 Å². The Morgan fingerprint density at radius 3 is 2.14 bits per heavy atom. The molecule has 0 atom stereocenters. The van der Waals surface area contributed by atoms with Gasteiger partial charge in [-0.3, -0.25) is 4.79 Å². The molecule has 0 bridgehead atoms. The minimum atomic E-state index is 0.181. The summed E-state index contributed by atoms with van der Waals surface area (Å²) < 4.78 is 1.01. The Morgan fingerprint density at radius 2 is 1.62 bits per heavy atom. The van der Waals surface area contributed by atoms with E-state index in [9.17, 15) is 4.79 Å². The summed E-state index contributed by atoms with van der Waals surface area (Å²) >= 11 is 3.52. The molecule has 21 heavy (non-hydrogen) atoms. The molecular weight excluding hydrogens is 326 g/mol. The normalized spacial score (nSPS) is 10.7. The maximum atomic E-state index is 12.8. The van der Waals surface area contributed by atoms with E-state index in [4.69, 9.17) is 0 Å². The number of amides is 1. The minimum Gasteiger partial charge on any atom is -0.339 e. The first-order valence-corrected chi connectivity index (χ1v) is 8.95. The van der Waals surface area contributed by atoms with Gasteiger partial charge in [0.2, 0.25) is 0 Å². The second-order valence-corrected chi connectivity index (χ2v) is 6.47. The van der Waals surface area contributed by atoms with Crippen molar-refractivity contribution in [1.82, 2.24) is 4.90 Å². The molecule has 1 amide bonds. The standard InChI is InChI=1S/C18H28BrNO/c1-4-6-8-13-20(14-9-7-5-2)18(21)16-11-10-12-17(19)15(16)3/h10-12H,4-9,13-14H2,1-3H3. The van der Waals surface area contributed by atoms with Crippen LogP contribution in [0, 0.1) is 6.92 Å². The van der Waals surface area contributed by atoms with E-state index in [1.165, 1.54) is 25.7 Å². The minimum absolute atomic E-state index is 0.181. The van der Waals surface area contributed by atoms with Crippen molar-refractivity contribution in [3.8, 4) is 0 Å². The van der Waals surface area contributed by atoms with E-state index in [0.29, 0.717) is 0 Å². The van der Waals surface area contributed by atoms with Crippen LogP contribution in [-0.4, -0.2) is 23.9 Å². The van der Waals surface area contributed by atoms with Gasteiger partial charge in [-0.25, -0.2) is 0 Å². The van der Waals surface area contributed by atoms with Gasteiger partial charge in [0.1, 0.15) is 0 Å². The highest BCUT2D eigenvalue weighted by Crippen LogP contribution is 2.21. The Balaban J connectivity index is 2.79. The summed E-state index contributed by atoms with van der Waals surface area (Å²) in [5, 5.41) is 0. The molecule has 2 nitrogen and oxygen atoms in total. The first-order chi connectivity index (χ1) is 10.1.